The molecule has 4 aromatic rings. The van der Waals surface area contributed by atoms with E-state index in [1.165, 1.54) is 48.5 Å². The van der Waals surface area contributed by atoms with E-state index in [9.17, 15) is 39.6 Å². The summed E-state index contributed by atoms with van der Waals surface area (Å²) in [6, 6.07) is 12.4. The van der Waals surface area contributed by atoms with Crippen molar-refractivity contribution in [3.63, 3.8) is 0 Å². The average molecular weight is 482 g/mol. The predicted octanol–water partition coefficient (Wildman–Crippen LogP) is -2.28. The normalized spacial score (nSPS) is 10.6. The Bertz CT molecular complexity index is 1350. The van der Waals surface area contributed by atoms with Crippen molar-refractivity contribution in [3.05, 3.63) is 82.9 Å². The van der Waals surface area contributed by atoms with Crippen LogP contribution in [0.3, 0.4) is 0 Å². The molecule has 2 aromatic carbocycles. The second kappa shape index (κ2) is 9.38. The highest BCUT2D eigenvalue weighted by Crippen LogP contribution is 2.24. The van der Waals surface area contributed by atoms with E-state index in [-0.39, 0.29) is 56.2 Å². The van der Waals surface area contributed by atoms with Crippen LogP contribution in [0.4, 0.5) is 0 Å². The summed E-state index contributed by atoms with van der Waals surface area (Å²) in [6.07, 6.45) is 0. The van der Waals surface area contributed by atoms with Crippen LogP contribution in [0.1, 0.15) is 41.4 Å². The Labute approximate surface area is 201 Å². The maximum Gasteiger partial charge on any atom is 0.113 e. The van der Waals surface area contributed by atoms with E-state index in [0.717, 1.165) is 12.1 Å². The van der Waals surface area contributed by atoms with E-state index in [1.54, 1.807) is 0 Å². The molecule has 0 aliphatic heterocycles. The van der Waals surface area contributed by atoms with Crippen LogP contribution in [0, 0.1) is 0 Å². The summed E-state index contributed by atoms with van der Waals surface area (Å²) in [5, 5.41) is 60.7. The van der Waals surface area contributed by atoms with Gasteiger partial charge in [-0.15, -0.1) is 20.4 Å². The first kappa shape index (κ1) is 23.6. The van der Waals surface area contributed by atoms with Crippen LogP contribution in [0.25, 0.3) is 33.9 Å². The summed E-state index contributed by atoms with van der Waals surface area (Å²) < 4.78 is 0. The molecule has 0 aliphatic carbocycles. The number of aromatic carboxylic acids is 4. The lowest BCUT2D eigenvalue weighted by molar-refractivity contribution is -0.257. The fourth-order valence-corrected chi connectivity index (χ4v) is 3.27. The van der Waals surface area contributed by atoms with Gasteiger partial charge in [-0.05, 0) is 82.9 Å². The number of hydrogen-bond acceptors (Lipinski definition) is 12. The minimum atomic E-state index is -1.57. The Morgan fingerprint density at radius 1 is 0.417 bits per heavy atom. The Morgan fingerprint density at radius 2 is 0.667 bits per heavy atom. The van der Waals surface area contributed by atoms with Crippen molar-refractivity contribution in [1.82, 2.24) is 20.4 Å². The zero-order chi connectivity index (χ0) is 26.0. The number of benzene rings is 2. The molecule has 178 valence electrons. The van der Waals surface area contributed by atoms with Gasteiger partial charge in [0.1, 0.15) is 11.4 Å². The van der Waals surface area contributed by atoms with Crippen molar-refractivity contribution in [2.75, 3.05) is 0 Å². The Kier molecular flexibility index (Phi) is 6.16. The summed E-state index contributed by atoms with van der Waals surface area (Å²) in [5.41, 5.74) is -0.313. The number of carboxylic acids is 4. The van der Waals surface area contributed by atoms with Crippen molar-refractivity contribution in [2.24, 2.45) is 0 Å². The Morgan fingerprint density at radius 3 is 0.889 bits per heavy atom. The van der Waals surface area contributed by atoms with E-state index >= 15 is 0 Å². The highest BCUT2D eigenvalue weighted by Gasteiger charge is 2.11. The first-order valence-electron chi connectivity index (χ1n) is 9.96. The third kappa shape index (κ3) is 4.87. The van der Waals surface area contributed by atoms with Crippen LogP contribution < -0.4 is 20.4 Å². The zero-order valence-electron chi connectivity index (χ0n) is 17.8. The van der Waals surface area contributed by atoms with Gasteiger partial charge in [-0.3, -0.25) is 0 Å². The molecular formula is C24H10N4O8-4. The van der Waals surface area contributed by atoms with Gasteiger partial charge in [-0.2, -0.15) is 0 Å². The third-order valence-corrected chi connectivity index (χ3v) is 4.99. The molecule has 12 heteroatoms. The minimum absolute atomic E-state index is 0.160. The molecule has 12 nitrogen and oxygen atoms in total. The topological polar surface area (TPSA) is 212 Å². The van der Waals surface area contributed by atoms with E-state index in [0.29, 0.717) is 0 Å². The molecule has 0 radical (unpaired) electrons. The first-order valence-corrected chi connectivity index (χ1v) is 9.96. The maximum absolute atomic E-state index is 11.2. The van der Waals surface area contributed by atoms with Gasteiger partial charge >= 0.3 is 0 Å². The van der Waals surface area contributed by atoms with E-state index in [2.05, 4.69) is 20.4 Å². The van der Waals surface area contributed by atoms with Crippen LogP contribution in [0.15, 0.2) is 60.7 Å². The lowest BCUT2D eigenvalue weighted by Gasteiger charge is -2.11. The number of hydrogen-bond donors (Lipinski definition) is 0. The van der Waals surface area contributed by atoms with E-state index in [1.807, 2.05) is 0 Å². The molecule has 4 rings (SSSR count). The van der Waals surface area contributed by atoms with Gasteiger partial charge in [0.2, 0.25) is 0 Å². The van der Waals surface area contributed by atoms with E-state index in [4.69, 9.17) is 0 Å². The minimum Gasteiger partial charge on any atom is -0.545 e. The van der Waals surface area contributed by atoms with Crippen molar-refractivity contribution >= 4 is 23.9 Å². The van der Waals surface area contributed by atoms with Gasteiger partial charge in [-0.25, -0.2) is 0 Å². The van der Waals surface area contributed by atoms with Gasteiger partial charge in [0, 0.05) is 11.1 Å². The molecule has 0 unspecified atom stereocenters. The molecule has 2 heterocycles. The molecule has 0 spiro atoms. The largest absolute Gasteiger partial charge is 0.545 e. The Balaban J connectivity index is 1.64. The van der Waals surface area contributed by atoms with Crippen molar-refractivity contribution in [2.45, 2.75) is 0 Å². The van der Waals surface area contributed by atoms with Gasteiger partial charge in [0.15, 0.2) is 0 Å². The predicted molar refractivity (Wildman–Crippen MR) is 111 cm³/mol. The highest BCUT2D eigenvalue weighted by atomic mass is 16.4. The fraction of sp³-hybridized carbons (Fsp3) is 0. The van der Waals surface area contributed by atoms with Gasteiger partial charge in [0.05, 0.1) is 35.3 Å². The van der Waals surface area contributed by atoms with Crippen LogP contribution in [-0.2, 0) is 0 Å². The van der Waals surface area contributed by atoms with Crippen LogP contribution >= 0.6 is 0 Å². The lowest BCUT2D eigenvalue weighted by atomic mass is 10.0. The molecule has 0 amide bonds. The number of carbonyl (C=O) groups is 4. The molecule has 36 heavy (non-hydrogen) atoms. The average Bonchev–Trinajstić information content (AvgIpc) is 2.88. The summed E-state index contributed by atoms with van der Waals surface area (Å²) >= 11 is 0. The molecule has 0 saturated carbocycles. The van der Waals surface area contributed by atoms with Crippen LogP contribution in [0.5, 0.6) is 0 Å². The smallest absolute Gasteiger partial charge is 0.113 e. The molecular weight excluding hydrogens is 472 g/mol. The van der Waals surface area contributed by atoms with Gasteiger partial charge < -0.3 is 39.6 Å². The molecule has 0 saturated heterocycles. The van der Waals surface area contributed by atoms with Gasteiger partial charge in [-0.1, -0.05) is 0 Å². The number of aromatic nitrogens is 4. The summed E-state index contributed by atoms with van der Waals surface area (Å²) in [4.78, 5) is 44.8. The quantitative estimate of drug-likeness (QED) is 0.272. The molecule has 0 aliphatic rings. The number of carbonyl (C=O) groups excluding carboxylic acids is 4. The van der Waals surface area contributed by atoms with Crippen molar-refractivity contribution < 1.29 is 39.6 Å². The summed E-state index contributed by atoms with van der Waals surface area (Å²) in [7, 11) is 0. The highest BCUT2D eigenvalue weighted by molar-refractivity contribution is 5.95. The number of nitrogens with zero attached hydrogens (tertiary/aromatic N) is 4. The fourth-order valence-electron chi connectivity index (χ4n) is 3.27. The first-order chi connectivity index (χ1) is 17.1. The molecule has 0 N–H and O–H groups in total. The second-order valence-corrected chi connectivity index (χ2v) is 7.36. The third-order valence-electron chi connectivity index (χ3n) is 4.99. The van der Waals surface area contributed by atoms with Crippen LogP contribution in [0.2, 0.25) is 0 Å². The SMILES string of the molecule is O=C([O-])c1cc(C(=O)[O-])cc(-c2ccc(-c3ccc(-c4cc(C(=O)[O-])cc(C(=O)[O-])c4)nn3)nn2)c1. The van der Waals surface area contributed by atoms with Crippen molar-refractivity contribution in [3.8, 4) is 33.9 Å². The monoisotopic (exact) mass is 482 g/mol. The maximum atomic E-state index is 11.2. The molecule has 0 fully saturated rings. The van der Waals surface area contributed by atoms with Crippen molar-refractivity contribution in [1.29, 1.82) is 0 Å². The zero-order valence-corrected chi connectivity index (χ0v) is 17.8. The van der Waals surface area contributed by atoms with Gasteiger partial charge in [0.25, 0.3) is 0 Å². The molecule has 2 aromatic heterocycles. The number of rotatable bonds is 7. The Hall–Kier alpha value is -5.52. The van der Waals surface area contributed by atoms with E-state index < -0.39 is 23.9 Å². The standard InChI is InChI=1S/C24H14N4O8/c29-21(30)13-5-11(6-14(9-13)22(31)32)17-1-3-19(27-25-17)20-4-2-18(26-28-20)12-7-15(23(33)34)10-16(8-12)24(35)36/h1-10H,(H,29,30)(H,31,32)(H,33,34)(H,35,36)/p-4. The molecule has 0 atom stereocenters. The molecule has 0 bridgehead atoms. The second-order valence-electron chi connectivity index (χ2n) is 7.36. The number of carboxylic acid groups (broad SMARTS) is 4. The summed E-state index contributed by atoms with van der Waals surface area (Å²) in [6.45, 7) is 0. The summed E-state index contributed by atoms with van der Waals surface area (Å²) in [5.74, 6) is -6.29. The lowest BCUT2D eigenvalue weighted by Crippen LogP contribution is -2.25. The van der Waals surface area contributed by atoms with Crippen LogP contribution in [-0.4, -0.2) is 44.3 Å².